The van der Waals surface area contributed by atoms with Crippen LogP contribution in [0.3, 0.4) is 0 Å². The van der Waals surface area contributed by atoms with E-state index in [9.17, 15) is 4.79 Å². The number of hydrogen-bond donors (Lipinski definition) is 0. The number of aromatic nitrogens is 2. The summed E-state index contributed by atoms with van der Waals surface area (Å²) in [7, 11) is 0. The zero-order chi connectivity index (χ0) is 18.9. The highest BCUT2D eigenvalue weighted by atomic mass is 32.2. The summed E-state index contributed by atoms with van der Waals surface area (Å²) in [5.41, 5.74) is 0.539. The Balaban J connectivity index is 1.22. The third kappa shape index (κ3) is 3.24. The molecule has 0 unspecified atom stereocenters. The first-order valence-corrected chi connectivity index (χ1v) is 9.52. The molecule has 3 heterocycles. The maximum Gasteiger partial charge on any atom is 0.277 e. The fraction of sp³-hybridized carbons (Fsp3) is 0.211. The average molecular weight is 398 g/mol. The number of rotatable bonds is 5. The van der Waals surface area contributed by atoms with Crippen LogP contribution in [0.1, 0.15) is 22.4 Å². The molecular formula is C19H14N2O6S. The Labute approximate surface area is 163 Å². The molecule has 142 valence electrons. The molecule has 2 aliphatic rings. The molecule has 2 aromatic carbocycles. The molecule has 0 saturated heterocycles. The van der Waals surface area contributed by atoms with Gasteiger partial charge in [-0.15, -0.1) is 10.2 Å². The summed E-state index contributed by atoms with van der Waals surface area (Å²) in [4.78, 5) is 12.4. The van der Waals surface area contributed by atoms with Crippen molar-refractivity contribution in [2.75, 3.05) is 19.2 Å². The first-order chi connectivity index (χ1) is 13.8. The highest BCUT2D eigenvalue weighted by Gasteiger charge is 2.27. The second-order valence-electron chi connectivity index (χ2n) is 6.05. The van der Waals surface area contributed by atoms with Crippen molar-refractivity contribution in [2.24, 2.45) is 0 Å². The second kappa shape index (κ2) is 7.08. The Kier molecular flexibility index (Phi) is 4.28. The molecule has 0 radical (unpaired) electrons. The van der Waals surface area contributed by atoms with Gasteiger partial charge in [-0.05, 0) is 30.3 Å². The fourth-order valence-corrected chi connectivity index (χ4v) is 3.49. The van der Waals surface area contributed by atoms with Crippen molar-refractivity contribution in [1.82, 2.24) is 10.2 Å². The minimum absolute atomic E-state index is 0.0748. The number of Topliss-reactive ketones (excluding diaryl/α,β-unsaturated/α-hetero) is 1. The zero-order valence-corrected chi connectivity index (χ0v) is 15.3. The summed E-state index contributed by atoms with van der Waals surface area (Å²) in [5, 5.41) is 8.30. The van der Waals surface area contributed by atoms with Crippen LogP contribution in [0.25, 0.3) is 0 Å². The maximum absolute atomic E-state index is 12.4. The van der Waals surface area contributed by atoms with Gasteiger partial charge in [-0.1, -0.05) is 23.9 Å². The third-order valence-electron chi connectivity index (χ3n) is 4.23. The van der Waals surface area contributed by atoms with Gasteiger partial charge in [0, 0.05) is 5.56 Å². The molecule has 2 aliphatic heterocycles. The number of thioether (sulfide) groups is 1. The predicted molar refractivity (Wildman–Crippen MR) is 97.2 cm³/mol. The molecule has 1 atom stereocenters. The molecular weight excluding hydrogens is 384 g/mol. The zero-order valence-electron chi connectivity index (χ0n) is 14.5. The van der Waals surface area contributed by atoms with Gasteiger partial charge in [0.15, 0.2) is 28.8 Å². The topological polar surface area (TPSA) is 92.9 Å². The average Bonchev–Trinajstić information content (AvgIpc) is 3.40. The van der Waals surface area contributed by atoms with Gasteiger partial charge in [-0.3, -0.25) is 4.79 Å². The van der Waals surface area contributed by atoms with Crippen LogP contribution in [0.15, 0.2) is 52.1 Å². The Bertz CT molecular complexity index is 1040. The van der Waals surface area contributed by atoms with E-state index in [2.05, 4.69) is 10.2 Å². The Morgan fingerprint density at radius 2 is 1.82 bits per heavy atom. The van der Waals surface area contributed by atoms with E-state index in [-0.39, 0.29) is 24.9 Å². The van der Waals surface area contributed by atoms with Crippen molar-refractivity contribution in [1.29, 1.82) is 0 Å². The van der Waals surface area contributed by atoms with Crippen molar-refractivity contribution in [3.8, 4) is 23.0 Å². The number of ketones is 1. The van der Waals surface area contributed by atoms with Gasteiger partial charge < -0.3 is 23.4 Å². The molecule has 0 N–H and O–H groups in total. The van der Waals surface area contributed by atoms with Crippen LogP contribution >= 0.6 is 11.8 Å². The molecule has 0 saturated carbocycles. The molecule has 5 rings (SSSR count). The number of para-hydroxylation sites is 2. The van der Waals surface area contributed by atoms with E-state index in [4.69, 9.17) is 23.4 Å². The van der Waals surface area contributed by atoms with Crippen molar-refractivity contribution in [3.63, 3.8) is 0 Å². The molecule has 0 aliphatic carbocycles. The largest absolute Gasteiger partial charge is 0.485 e. The van der Waals surface area contributed by atoms with Gasteiger partial charge in [0.05, 0.1) is 5.75 Å². The van der Waals surface area contributed by atoms with E-state index in [1.54, 1.807) is 18.2 Å². The minimum atomic E-state index is -0.485. The van der Waals surface area contributed by atoms with E-state index in [0.717, 1.165) is 0 Å². The van der Waals surface area contributed by atoms with Gasteiger partial charge in [-0.25, -0.2) is 0 Å². The van der Waals surface area contributed by atoms with Crippen LogP contribution < -0.4 is 18.9 Å². The summed E-state index contributed by atoms with van der Waals surface area (Å²) in [5.74, 6) is 2.92. The van der Waals surface area contributed by atoms with Gasteiger partial charge in [0.2, 0.25) is 12.9 Å². The molecule has 0 spiro atoms. The minimum Gasteiger partial charge on any atom is -0.485 e. The maximum atomic E-state index is 12.4. The molecule has 0 amide bonds. The highest BCUT2D eigenvalue weighted by molar-refractivity contribution is 7.99. The first-order valence-electron chi connectivity index (χ1n) is 8.54. The number of nitrogens with zero attached hydrogens (tertiary/aromatic N) is 2. The summed E-state index contributed by atoms with van der Waals surface area (Å²) in [6.07, 6.45) is -0.485. The first kappa shape index (κ1) is 16.9. The van der Waals surface area contributed by atoms with Gasteiger partial charge in [0.1, 0.15) is 6.61 Å². The number of hydrogen-bond acceptors (Lipinski definition) is 9. The summed E-state index contributed by atoms with van der Waals surface area (Å²) < 4.78 is 27.7. The van der Waals surface area contributed by atoms with E-state index < -0.39 is 6.10 Å². The van der Waals surface area contributed by atoms with Gasteiger partial charge >= 0.3 is 0 Å². The van der Waals surface area contributed by atoms with Crippen LogP contribution in [0.2, 0.25) is 0 Å². The van der Waals surface area contributed by atoms with Crippen LogP contribution in [0.5, 0.6) is 23.0 Å². The van der Waals surface area contributed by atoms with Crippen molar-refractivity contribution >= 4 is 17.5 Å². The lowest BCUT2D eigenvalue weighted by Crippen LogP contribution is -2.21. The number of carbonyl (C=O) groups is 1. The lowest BCUT2D eigenvalue weighted by molar-refractivity contribution is 0.0686. The van der Waals surface area contributed by atoms with Gasteiger partial charge in [-0.2, -0.15) is 0 Å². The highest BCUT2D eigenvalue weighted by Crippen LogP contribution is 2.36. The van der Waals surface area contributed by atoms with Crippen LogP contribution in [0.4, 0.5) is 0 Å². The Morgan fingerprint density at radius 1 is 1.00 bits per heavy atom. The lowest BCUT2D eigenvalue weighted by Gasteiger charge is -2.23. The van der Waals surface area contributed by atoms with E-state index in [1.807, 2.05) is 24.3 Å². The number of ether oxygens (including phenoxy) is 4. The van der Waals surface area contributed by atoms with Crippen LogP contribution in [-0.4, -0.2) is 35.1 Å². The number of benzene rings is 2. The number of carbonyl (C=O) groups excluding carboxylic acids is 1. The van der Waals surface area contributed by atoms with Crippen molar-refractivity contribution in [2.45, 2.75) is 11.3 Å². The monoisotopic (exact) mass is 398 g/mol. The molecule has 0 fully saturated rings. The molecule has 0 bridgehead atoms. The Morgan fingerprint density at radius 3 is 2.75 bits per heavy atom. The smallest absolute Gasteiger partial charge is 0.277 e. The molecule has 3 aromatic rings. The summed E-state index contributed by atoms with van der Waals surface area (Å²) in [6.45, 7) is 0.448. The van der Waals surface area contributed by atoms with Gasteiger partial charge in [0.25, 0.3) is 11.1 Å². The molecule has 1 aromatic heterocycles. The van der Waals surface area contributed by atoms with Crippen LogP contribution in [0, 0.1) is 0 Å². The normalized spacial score (nSPS) is 16.8. The van der Waals surface area contributed by atoms with Crippen molar-refractivity contribution in [3.05, 3.63) is 53.9 Å². The predicted octanol–water partition coefficient (Wildman–Crippen LogP) is 3.29. The van der Waals surface area contributed by atoms with Crippen LogP contribution in [-0.2, 0) is 0 Å². The van der Waals surface area contributed by atoms with E-state index >= 15 is 0 Å². The Hall–Kier alpha value is -3.20. The summed E-state index contributed by atoms with van der Waals surface area (Å²) >= 11 is 1.17. The molecule has 8 nitrogen and oxygen atoms in total. The quantitative estimate of drug-likeness (QED) is 0.474. The SMILES string of the molecule is O=C(CSc1nnc([C@@H]2COc3ccccc3O2)o1)c1ccc2c(c1)OCO2. The van der Waals surface area contributed by atoms with E-state index in [0.29, 0.717) is 39.7 Å². The summed E-state index contributed by atoms with van der Waals surface area (Å²) in [6, 6.07) is 12.5. The molecule has 9 heteroatoms. The third-order valence-corrected chi connectivity index (χ3v) is 5.05. The molecule has 28 heavy (non-hydrogen) atoms. The number of fused-ring (bicyclic) bond motifs is 2. The fourth-order valence-electron chi connectivity index (χ4n) is 2.83. The second-order valence-corrected chi connectivity index (χ2v) is 6.98. The van der Waals surface area contributed by atoms with Crippen molar-refractivity contribution < 1.29 is 28.2 Å². The van der Waals surface area contributed by atoms with E-state index in [1.165, 1.54) is 11.8 Å². The standard InChI is InChI=1S/C19H14N2O6S/c22-12(11-5-6-14-16(7-11)25-10-24-14)9-28-19-21-20-18(27-19)17-8-23-13-3-1-2-4-15(13)26-17/h1-7,17H,8-10H2/t17-/m0/s1. The lowest BCUT2D eigenvalue weighted by atomic mass is 10.1.